The predicted molar refractivity (Wildman–Crippen MR) is 82.4 cm³/mol. The van der Waals surface area contributed by atoms with E-state index in [1.54, 1.807) is 0 Å². The molecule has 3 atom stereocenters. The summed E-state index contributed by atoms with van der Waals surface area (Å²) in [6.45, 7) is 12.2. The predicted octanol–water partition coefficient (Wildman–Crippen LogP) is 2.98. The normalized spacial score (nSPS) is 38.8. The van der Waals surface area contributed by atoms with Crippen molar-refractivity contribution in [1.29, 1.82) is 0 Å². The van der Waals surface area contributed by atoms with Crippen LogP contribution in [-0.4, -0.2) is 48.1 Å². The molecule has 0 aromatic heterocycles. The Labute approximate surface area is 117 Å². The third-order valence-corrected chi connectivity index (χ3v) is 6.23. The molecular formula is C15H30N2S. The van der Waals surface area contributed by atoms with Crippen molar-refractivity contribution >= 4 is 11.8 Å². The monoisotopic (exact) mass is 270 g/mol. The van der Waals surface area contributed by atoms with Crippen LogP contribution in [0.5, 0.6) is 0 Å². The van der Waals surface area contributed by atoms with Crippen LogP contribution in [0.2, 0.25) is 0 Å². The summed E-state index contributed by atoms with van der Waals surface area (Å²) in [5, 5.41) is 4.44. The summed E-state index contributed by atoms with van der Waals surface area (Å²) >= 11 is 2.15. The van der Waals surface area contributed by atoms with Gasteiger partial charge in [0.1, 0.15) is 0 Å². The fourth-order valence-electron chi connectivity index (χ4n) is 3.64. The number of rotatable bonds is 4. The van der Waals surface area contributed by atoms with Gasteiger partial charge in [-0.05, 0) is 38.1 Å². The Bertz CT molecular complexity index is 245. The van der Waals surface area contributed by atoms with Crippen molar-refractivity contribution in [3.63, 3.8) is 0 Å². The van der Waals surface area contributed by atoms with Crippen LogP contribution in [0.3, 0.4) is 0 Å². The van der Waals surface area contributed by atoms with Gasteiger partial charge in [0.2, 0.25) is 0 Å². The molecule has 3 heteroatoms. The fourth-order valence-corrected chi connectivity index (χ4v) is 4.80. The molecular weight excluding hydrogens is 240 g/mol. The number of nitrogens with one attached hydrogen (secondary N) is 1. The van der Waals surface area contributed by atoms with Crippen molar-refractivity contribution in [2.75, 3.05) is 31.9 Å². The first-order valence-corrected chi connectivity index (χ1v) is 8.78. The summed E-state index contributed by atoms with van der Waals surface area (Å²) in [5.41, 5.74) is 0.559. The van der Waals surface area contributed by atoms with Crippen LogP contribution in [0.25, 0.3) is 0 Å². The van der Waals surface area contributed by atoms with Gasteiger partial charge < -0.3 is 5.32 Å². The van der Waals surface area contributed by atoms with Gasteiger partial charge in [0.05, 0.1) is 0 Å². The molecule has 106 valence electrons. The summed E-state index contributed by atoms with van der Waals surface area (Å²) in [6.07, 6.45) is 5.52. The van der Waals surface area contributed by atoms with E-state index in [0.29, 0.717) is 5.41 Å². The van der Waals surface area contributed by atoms with Crippen LogP contribution in [0.15, 0.2) is 0 Å². The van der Waals surface area contributed by atoms with E-state index >= 15 is 0 Å². The Morgan fingerprint density at radius 3 is 2.89 bits per heavy atom. The molecule has 0 saturated carbocycles. The quantitative estimate of drug-likeness (QED) is 0.845. The lowest BCUT2D eigenvalue weighted by molar-refractivity contribution is 0.0838. The standard InChI is InChI=1S/C15H30N2S/c1-4-6-15(7-5-8-16-11-15)12-17-9-10-18-14(3)13(17)2/h13-14,16H,4-12H2,1-3H3. The Kier molecular flexibility index (Phi) is 5.40. The number of thioether (sulfide) groups is 1. The van der Waals surface area contributed by atoms with Gasteiger partial charge in [-0.25, -0.2) is 0 Å². The second kappa shape index (κ2) is 6.62. The number of hydrogen-bond donors (Lipinski definition) is 1. The molecule has 0 aromatic carbocycles. The zero-order chi connectivity index (χ0) is 13.0. The lowest BCUT2D eigenvalue weighted by Gasteiger charge is -2.46. The van der Waals surface area contributed by atoms with Gasteiger partial charge in [-0.15, -0.1) is 0 Å². The van der Waals surface area contributed by atoms with Crippen molar-refractivity contribution in [1.82, 2.24) is 10.2 Å². The van der Waals surface area contributed by atoms with Crippen LogP contribution < -0.4 is 5.32 Å². The third kappa shape index (κ3) is 3.43. The lowest BCUT2D eigenvalue weighted by atomic mass is 9.76. The smallest absolute Gasteiger partial charge is 0.0184 e. The second-order valence-corrected chi connectivity index (χ2v) is 7.80. The number of hydrogen-bond acceptors (Lipinski definition) is 3. The van der Waals surface area contributed by atoms with E-state index in [2.05, 4.69) is 42.7 Å². The zero-order valence-corrected chi connectivity index (χ0v) is 13.2. The molecule has 0 bridgehead atoms. The number of piperidine rings is 1. The molecule has 1 N–H and O–H groups in total. The molecule has 2 heterocycles. The van der Waals surface area contributed by atoms with Crippen LogP contribution in [0.1, 0.15) is 46.5 Å². The SMILES string of the molecule is CCCC1(CN2CCSC(C)C2C)CCCNC1. The summed E-state index contributed by atoms with van der Waals surface area (Å²) < 4.78 is 0. The van der Waals surface area contributed by atoms with Gasteiger partial charge in [-0.3, -0.25) is 4.90 Å². The maximum Gasteiger partial charge on any atom is 0.0184 e. The van der Waals surface area contributed by atoms with E-state index in [9.17, 15) is 0 Å². The van der Waals surface area contributed by atoms with Crippen molar-refractivity contribution < 1.29 is 0 Å². The minimum Gasteiger partial charge on any atom is -0.316 e. The molecule has 18 heavy (non-hydrogen) atoms. The van der Waals surface area contributed by atoms with Crippen molar-refractivity contribution in [2.24, 2.45) is 5.41 Å². The Balaban J connectivity index is 1.99. The molecule has 2 aliphatic heterocycles. The molecule has 2 rings (SSSR count). The van der Waals surface area contributed by atoms with E-state index in [1.165, 1.54) is 57.6 Å². The van der Waals surface area contributed by atoms with Crippen molar-refractivity contribution in [3.8, 4) is 0 Å². The molecule has 2 aliphatic rings. The minimum absolute atomic E-state index is 0.559. The molecule has 2 saturated heterocycles. The molecule has 0 amide bonds. The highest BCUT2D eigenvalue weighted by atomic mass is 32.2. The molecule has 2 nitrogen and oxygen atoms in total. The van der Waals surface area contributed by atoms with Crippen molar-refractivity contribution in [2.45, 2.75) is 57.7 Å². The maximum absolute atomic E-state index is 3.64. The van der Waals surface area contributed by atoms with E-state index in [-0.39, 0.29) is 0 Å². The van der Waals surface area contributed by atoms with E-state index in [0.717, 1.165) is 11.3 Å². The van der Waals surface area contributed by atoms with Crippen molar-refractivity contribution in [3.05, 3.63) is 0 Å². The molecule has 0 aliphatic carbocycles. The average Bonchev–Trinajstić information content (AvgIpc) is 2.36. The summed E-state index contributed by atoms with van der Waals surface area (Å²) in [5.74, 6) is 1.32. The van der Waals surface area contributed by atoms with E-state index < -0.39 is 0 Å². The van der Waals surface area contributed by atoms with Gasteiger partial charge in [-0.1, -0.05) is 20.3 Å². The third-order valence-electron chi connectivity index (χ3n) is 4.89. The maximum atomic E-state index is 3.64. The highest BCUT2D eigenvalue weighted by molar-refractivity contribution is 8.00. The Morgan fingerprint density at radius 2 is 2.22 bits per heavy atom. The molecule has 0 aromatic rings. The van der Waals surface area contributed by atoms with Crippen LogP contribution in [0.4, 0.5) is 0 Å². The highest BCUT2D eigenvalue weighted by Gasteiger charge is 2.36. The second-order valence-electron chi connectivity index (χ2n) is 6.32. The van der Waals surface area contributed by atoms with Gasteiger partial charge in [0, 0.05) is 36.7 Å². The van der Waals surface area contributed by atoms with Crippen LogP contribution in [0, 0.1) is 5.41 Å². The first kappa shape index (κ1) is 14.7. The van der Waals surface area contributed by atoms with Crippen LogP contribution >= 0.6 is 11.8 Å². The summed E-state index contributed by atoms with van der Waals surface area (Å²) in [6, 6.07) is 0.749. The van der Waals surface area contributed by atoms with Crippen LogP contribution in [-0.2, 0) is 0 Å². The zero-order valence-electron chi connectivity index (χ0n) is 12.4. The molecule has 3 unspecified atom stereocenters. The lowest BCUT2D eigenvalue weighted by Crippen LogP contribution is -2.53. The topological polar surface area (TPSA) is 15.3 Å². The van der Waals surface area contributed by atoms with Gasteiger partial charge >= 0.3 is 0 Å². The largest absolute Gasteiger partial charge is 0.316 e. The van der Waals surface area contributed by atoms with Gasteiger partial charge in [0.25, 0.3) is 0 Å². The van der Waals surface area contributed by atoms with E-state index in [1.807, 2.05) is 0 Å². The minimum atomic E-state index is 0.559. The first-order chi connectivity index (χ1) is 8.67. The first-order valence-electron chi connectivity index (χ1n) is 7.73. The highest BCUT2D eigenvalue weighted by Crippen LogP contribution is 2.35. The van der Waals surface area contributed by atoms with Gasteiger partial charge in [-0.2, -0.15) is 11.8 Å². The Hall–Kier alpha value is 0.270. The average molecular weight is 270 g/mol. The Morgan fingerprint density at radius 1 is 1.39 bits per heavy atom. The van der Waals surface area contributed by atoms with E-state index in [4.69, 9.17) is 0 Å². The molecule has 2 fully saturated rings. The summed E-state index contributed by atoms with van der Waals surface area (Å²) in [7, 11) is 0. The molecule has 0 radical (unpaired) electrons. The molecule has 0 spiro atoms. The fraction of sp³-hybridized carbons (Fsp3) is 1.00. The number of nitrogens with zero attached hydrogens (tertiary/aromatic N) is 1. The summed E-state index contributed by atoms with van der Waals surface area (Å²) in [4.78, 5) is 2.77. The van der Waals surface area contributed by atoms with Gasteiger partial charge in [0.15, 0.2) is 0 Å².